The molecular weight excluding hydrogens is 383 g/mol. The van der Waals surface area contributed by atoms with Crippen molar-refractivity contribution in [3.8, 4) is 0 Å². The number of carbonyl (C=O) groups is 1. The highest BCUT2D eigenvalue weighted by atomic mass is 35.5. The Morgan fingerprint density at radius 1 is 1.15 bits per heavy atom. The number of benzene rings is 2. The van der Waals surface area contributed by atoms with Gasteiger partial charge in [-0.2, -0.15) is 0 Å². The van der Waals surface area contributed by atoms with Gasteiger partial charge in [-0.3, -0.25) is 4.79 Å². The molecule has 0 spiro atoms. The molecule has 2 aromatic rings. The number of nitrogens with zero attached hydrogens (tertiary/aromatic N) is 1. The van der Waals surface area contributed by atoms with Gasteiger partial charge in [0, 0.05) is 23.4 Å². The zero-order valence-corrected chi connectivity index (χ0v) is 16.4. The third-order valence-electron chi connectivity index (χ3n) is 3.92. The van der Waals surface area contributed by atoms with Gasteiger partial charge in [0.05, 0.1) is 6.04 Å². The predicted molar refractivity (Wildman–Crippen MR) is 105 cm³/mol. The summed E-state index contributed by atoms with van der Waals surface area (Å²) in [5.74, 6) is -1.60. The standard InChI is InChI=1S/C18H21F2N3O.2ClH/c1-11-7-8-12(21)9-13(11)18(24)22-10-16(23(2)3)17-14(19)5-4-6-15(17)20;;/h4-9,16H,10,21H2,1-3H3,(H,22,24);2*1H. The molecule has 1 unspecified atom stereocenters. The lowest BCUT2D eigenvalue weighted by atomic mass is 10.0. The molecule has 0 saturated carbocycles. The Kier molecular flexibility index (Phi) is 9.56. The maximum absolute atomic E-state index is 14.0. The molecule has 2 aromatic carbocycles. The van der Waals surface area contributed by atoms with Crippen molar-refractivity contribution >= 4 is 36.4 Å². The summed E-state index contributed by atoms with van der Waals surface area (Å²) in [6, 6.07) is 8.15. The van der Waals surface area contributed by atoms with Crippen molar-refractivity contribution in [3.05, 3.63) is 64.7 Å². The van der Waals surface area contributed by atoms with E-state index in [2.05, 4.69) is 5.32 Å². The quantitative estimate of drug-likeness (QED) is 0.744. The SMILES string of the molecule is Cc1ccc(N)cc1C(=O)NCC(c1c(F)cccc1F)N(C)C.Cl.Cl. The number of carbonyl (C=O) groups excluding carboxylic acids is 1. The number of likely N-dealkylation sites (N-methyl/N-ethyl adjacent to an activating group) is 1. The molecule has 2 rings (SSSR count). The summed E-state index contributed by atoms with van der Waals surface area (Å²) >= 11 is 0. The molecule has 0 radical (unpaired) electrons. The molecule has 144 valence electrons. The summed E-state index contributed by atoms with van der Waals surface area (Å²) in [4.78, 5) is 14.0. The summed E-state index contributed by atoms with van der Waals surface area (Å²) in [6.45, 7) is 1.87. The van der Waals surface area contributed by atoms with Crippen molar-refractivity contribution in [3.63, 3.8) is 0 Å². The van der Waals surface area contributed by atoms with E-state index in [0.717, 1.165) is 5.56 Å². The number of halogens is 4. The van der Waals surface area contributed by atoms with Crippen LogP contribution in [0.5, 0.6) is 0 Å². The Labute approximate surface area is 164 Å². The maximum atomic E-state index is 14.0. The van der Waals surface area contributed by atoms with Crippen LogP contribution in [0.3, 0.4) is 0 Å². The van der Waals surface area contributed by atoms with Gasteiger partial charge in [-0.05, 0) is 50.8 Å². The summed E-state index contributed by atoms with van der Waals surface area (Å²) in [5, 5.41) is 2.73. The van der Waals surface area contributed by atoms with E-state index in [1.807, 2.05) is 0 Å². The number of nitrogens with one attached hydrogen (secondary N) is 1. The van der Waals surface area contributed by atoms with Crippen LogP contribution in [-0.4, -0.2) is 31.4 Å². The summed E-state index contributed by atoms with van der Waals surface area (Å²) in [7, 11) is 3.41. The molecule has 0 aliphatic rings. The molecule has 1 amide bonds. The van der Waals surface area contributed by atoms with Crippen molar-refractivity contribution in [1.82, 2.24) is 10.2 Å². The first kappa shape index (κ1) is 24.1. The van der Waals surface area contributed by atoms with Crippen LogP contribution in [0.25, 0.3) is 0 Å². The molecule has 0 saturated heterocycles. The molecular formula is C18H23Cl2F2N3O. The number of nitrogens with two attached hydrogens (primary N) is 1. The van der Waals surface area contributed by atoms with Crippen LogP contribution in [0.1, 0.15) is 27.5 Å². The molecule has 0 fully saturated rings. The average Bonchev–Trinajstić information content (AvgIpc) is 2.51. The largest absolute Gasteiger partial charge is 0.399 e. The van der Waals surface area contributed by atoms with Crippen LogP contribution in [0.2, 0.25) is 0 Å². The van der Waals surface area contributed by atoms with Gasteiger partial charge in [0.15, 0.2) is 0 Å². The monoisotopic (exact) mass is 405 g/mol. The highest BCUT2D eigenvalue weighted by molar-refractivity contribution is 5.96. The van der Waals surface area contributed by atoms with Crippen molar-refractivity contribution in [2.75, 3.05) is 26.4 Å². The highest BCUT2D eigenvalue weighted by Crippen LogP contribution is 2.24. The van der Waals surface area contributed by atoms with E-state index in [1.165, 1.54) is 18.2 Å². The molecule has 0 bridgehead atoms. The third-order valence-corrected chi connectivity index (χ3v) is 3.92. The third kappa shape index (κ3) is 5.56. The molecule has 4 nitrogen and oxygen atoms in total. The van der Waals surface area contributed by atoms with Crippen LogP contribution in [0, 0.1) is 18.6 Å². The van der Waals surface area contributed by atoms with Crippen molar-refractivity contribution in [2.24, 2.45) is 0 Å². The van der Waals surface area contributed by atoms with Crippen molar-refractivity contribution in [1.29, 1.82) is 0 Å². The van der Waals surface area contributed by atoms with Crippen LogP contribution >= 0.6 is 24.8 Å². The van der Waals surface area contributed by atoms with E-state index in [0.29, 0.717) is 11.3 Å². The Balaban J connectivity index is 0.00000312. The molecule has 8 heteroatoms. The number of amides is 1. The first-order chi connectivity index (χ1) is 11.3. The lowest BCUT2D eigenvalue weighted by Gasteiger charge is -2.26. The Morgan fingerprint density at radius 3 is 2.27 bits per heavy atom. The number of hydrogen-bond acceptors (Lipinski definition) is 3. The van der Waals surface area contributed by atoms with Gasteiger partial charge >= 0.3 is 0 Å². The number of anilines is 1. The number of hydrogen-bond donors (Lipinski definition) is 2. The molecule has 0 aliphatic carbocycles. The summed E-state index contributed by atoms with van der Waals surface area (Å²) in [5.41, 5.74) is 7.36. The summed E-state index contributed by atoms with van der Waals surface area (Å²) < 4.78 is 28.1. The second kappa shape index (κ2) is 10.3. The fourth-order valence-corrected chi connectivity index (χ4v) is 2.54. The van der Waals surface area contributed by atoms with Gasteiger partial charge < -0.3 is 16.0 Å². The highest BCUT2D eigenvalue weighted by Gasteiger charge is 2.23. The minimum Gasteiger partial charge on any atom is -0.399 e. The molecule has 0 aliphatic heterocycles. The zero-order valence-electron chi connectivity index (χ0n) is 14.8. The normalized spacial score (nSPS) is 11.3. The van der Waals surface area contributed by atoms with E-state index in [-0.39, 0.29) is 42.8 Å². The molecule has 0 heterocycles. The smallest absolute Gasteiger partial charge is 0.251 e. The minimum absolute atomic E-state index is 0. The lowest BCUT2D eigenvalue weighted by molar-refractivity contribution is 0.0940. The van der Waals surface area contributed by atoms with E-state index < -0.39 is 17.7 Å². The zero-order chi connectivity index (χ0) is 17.9. The Bertz CT molecular complexity index is 737. The predicted octanol–water partition coefficient (Wildman–Crippen LogP) is 3.73. The van der Waals surface area contributed by atoms with Crippen LogP contribution in [0.4, 0.5) is 14.5 Å². The topological polar surface area (TPSA) is 58.4 Å². The Morgan fingerprint density at radius 2 is 1.73 bits per heavy atom. The first-order valence-electron chi connectivity index (χ1n) is 7.56. The van der Waals surface area contributed by atoms with Gasteiger partial charge in [0.1, 0.15) is 11.6 Å². The van der Waals surface area contributed by atoms with E-state index in [1.54, 1.807) is 44.1 Å². The molecule has 3 N–H and O–H groups in total. The van der Waals surface area contributed by atoms with Crippen molar-refractivity contribution in [2.45, 2.75) is 13.0 Å². The fraction of sp³-hybridized carbons (Fsp3) is 0.278. The van der Waals surface area contributed by atoms with E-state index >= 15 is 0 Å². The second-order valence-corrected chi connectivity index (χ2v) is 5.90. The van der Waals surface area contributed by atoms with Crippen LogP contribution in [0.15, 0.2) is 36.4 Å². The number of aryl methyl sites for hydroxylation is 1. The minimum atomic E-state index is -0.636. The van der Waals surface area contributed by atoms with Gasteiger partial charge in [-0.15, -0.1) is 24.8 Å². The van der Waals surface area contributed by atoms with Crippen molar-refractivity contribution < 1.29 is 13.6 Å². The van der Waals surface area contributed by atoms with Crippen LogP contribution in [-0.2, 0) is 0 Å². The fourth-order valence-electron chi connectivity index (χ4n) is 2.54. The Hall–Kier alpha value is -1.89. The van der Waals surface area contributed by atoms with Gasteiger partial charge in [0.25, 0.3) is 5.91 Å². The van der Waals surface area contributed by atoms with E-state index in [4.69, 9.17) is 5.73 Å². The van der Waals surface area contributed by atoms with Crippen LogP contribution < -0.4 is 11.1 Å². The molecule has 1 atom stereocenters. The molecule has 26 heavy (non-hydrogen) atoms. The average molecular weight is 406 g/mol. The van der Waals surface area contributed by atoms with Gasteiger partial charge in [-0.1, -0.05) is 12.1 Å². The lowest BCUT2D eigenvalue weighted by Crippen LogP contribution is -2.35. The van der Waals surface area contributed by atoms with Gasteiger partial charge in [0.2, 0.25) is 0 Å². The number of nitrogen functional groups attached to an aromatic ring is 1. The second-order valence-electron chi connectivity index (χ2n) is 5.90. The summed E-state index contributed by atoms with van der Waals surface area (Å²) in [6.07, 6.45) is 0. The first-order valence-corrected chi connectivity index (χ1v) is 7.56. The maximum Gasteiger partial charge on any atom is 0.251 e. The molecule has 0 aromatic heterocycles. The number of rotatable bonds is 5. The van der Waals surface area contributed by atoms with Gasteiger partial charge in [-0.25, -0.2) is 8.78 Å². The van der Waals surface area contributed by atoms with E-state index in [9.17, 15) is 13.6 Å².